The molecule has 0 aromatic heterocycles. The summed E-state index contributed by atoms with van der Waals surface area (Å²) in [6.45, 7) is 0.256. The first-order valence-electron chi connectivity index (χ1n) is 7.83. The van der Waals surface area contributed by atoms with E-state index in [-0.39, 0.29) is 28.8 Å². The summed E-state index contributed by atoms with van der Waals surface area (Å²) >= 11 is 6.81. The van der Waals surface area contributed by atoms with E-state index < -0.39 is 16.1 Å². The van der Waals surface area contributed by atoms with Crippen molar-refractivity contribution in [3.8, 4) is 5.75 Å². The van der Waals surface area contributed by atoms with Crippen molar-refractivity contribution in [2.45, 2.75) is 0 Å². The number of amides is 2. The molecule has 0 N–H and O–H groups in total. The molecule has 27 heavy (non-hydrogen) atoms. The van der Waals surface area contributed by atoms with E-state index in [0.29, 0.717) is 11.3 Å². The van der Waals surface area contributed by atoms with E-state index >= 15 is 0 Å². The van der Waals surface area contributed by atoms with Crippen molar-refractivity contribution in [2.24, 2.45) is 0 Å². The van der Waals surface area contributed by atoms with Gasteiger partial charge < -0.3 is 4.74 Å². The van der Waals surface area contributed by atoms with Gasteiger partial charge in [0, 0.05) is 22.7 Å². The number of nitro benzene ring substituents is 1. The summed E-state index contributed by atoms with van der Waals surface area (Å²) in [7, 11) is 0. The highest BCUT2D eigenvalue weighted by atomic mass is 35.5. The first-order valence-corrected chi connectivity index (χ1v) is 9.02. The number of carbonyl (C=O) groups is 2. The Labute approximate surface area is 163 Å². The van der Waals surface area contributed by atoms with Gasteiger partial charge in [-0.1, -0.05) is 29.8 Å². The molecule has 0 bridgehead atoms. The largest absolute Gasteiger partial charge is 0.492 e. The molecule has 1 aliphatic rings. The van der Waals surface area contributed by atoms with Crippen LogP contribution < -0.4 is 4.74 Å². The van der Waals surface area contributed by atoms with Gasteiger partial charge >= 0.3 is 0 Å². The van der Waals surface area contributed by atoms with Gasteiger partial charge in [0.25, 0.3) is 16.8 Å². The Morgan fingerprint density at radius 2 is 1.93 bits per heavy atom. The average Bonchev–Trinajstić information content (AvgIpc) is 2.91. The number of benzene rings is 2. The third kappa shape index (κ3) is 4.47. The van der Waals surface area contributed by atoms with Crippen molar-refractivity contribution >= 4 is 46.3 Å². The summed E-state index contributed by atoms with van der Waals surface area (Å²) in [6.07, 6.45) is 1.39. The number of halogens is 1. The summed E-state index contributed by atoms with van der Waals surface area (Å²) in [4.78, 5) is 36.2. The van der Waals surface area contributed by atoms with Crippen molar-refractivity contribution in [3.63, 3.8) is 0 Å². The maximum Gasteiger partial charge on any atom is 0.293 e. The average molecular weight is 405 g/mol. The second-order valence-corrected chi connectivity index (χ2v) is 6.86. The van der Waals surface area contributed by atoms with Crippen molar-refractivity contribution in [1.82, 2.24) is 4.90 Å². The third-order valence-electron chi connectivity index (χ3n) is 3.68. The Morgan fingerprint density at radius 3 is 2.63 bits per heavy atom. The SMILES string of the molecule is O=C1S/C(=C\c2cc([N+](=O)[O-])ccc2Cl)C(=O)N1CCOc1ccccc1. The number of hydrogen-bond donors (Lipinski definition) is 0. The lowest BCUT2D eigenvalue weighted by Crippen LogP contribution is -2.32. The molecule has 1 fully saturated rings. The minimum Gasteiger partial charge on any atom is -0.492 e. The van der Waals surface area contributed by atoms with Crippen LogP contribution in [0.1, 0.15) is 5.56 Å². The van der Waals surface area contributed by atoms with Crippen LogP contribution in [0.3, 0.4) is 0 Å². The number of imide groups is 1. The van der Waals surface area contributed by atoms with Crippen LogP contribution in [-0.2, 0) is 4.79 Å². The molecular weight excluding hydrogens is 392 g/mol. The van der Waals surface area contributed by atoms with Crippen LogP contribution in [0.2, 0.25) is 5.02 Å². The van der Waals surface area contributed by atoms with Crippen LogP contribution in [0.5, 0.6) is 5.75 Å². The van der Waals surface area contributed by atoms with Crippen LogP contribution in [0.15, 0.2) is 53.4 Å². The monoisotopic (exact) mass is 404 g/mol. The van der Waals surface area contributed by atoms with E-state index in [9.17, 15) is 19.7 Å². The van der Waals surface area contributed by atoms with Gasteiger partial charge in [-0.2, -0.15) is 0 Å². The van der Waals surface area contributed by atoms with Gasteiger partial charge in [0.05, 0.1) is 16.4 Å². The Kier molecular flexibility index (Phi) is 5.78. The summed E-state index contributed by atoms with van der Waals surface area (Å²) in [5.41, 5.74) is 0.151. The molecule has 3 rings (SSSR count). The summed E-state index contributed by atoms with van der Waals surface area (Å²) < 4.78 is 5.51. The first-order chi connectivity index (χ1) is 13.0. The Balaban J connectivity index is 1.71. The Bertz CT molecular complexity index is 933. The molecule has 0 saturated carbocycles. The molecule has 1 saturated heterocycles. The summed E-state index contributed by atoms with van der Waals surface area (Å²) in [5.74, 6) is 0.160. The maximum atomic E-state index is 12.5. The molecular formula is C18H13ClN2O5S. The number of nitro groups is 1. The zero-order valence-corrected chi connectivity index (χ0v) is 15.4. The van der Waals surface area contributed by atoms with Crippen LogP contribution in [0.25, 0.3) is 6.08 Å². The van der Waals surface area contributed by atoms with Crippen molar-refractivity contribution in [2.75, 3.05) is 13.2 Å². The molecule has 0 aliphatic carbocycles. The van der Waals surface area contributed by atoms with Crippen molar-refractivity contribution in [1.29, 1.82) is 0 Å². The summed E-state index contributed by atoms with van der Waals surface area (Å²) in [6, 6.07) is 13.0. The van der Waals surface area contributed by atoms with Gasteiger partial charge in [-0.05, 0) is 36.0 Å². The second kappa shape index (κ2) is 8.24. The fourth-order valence-electron chi connectivity index (χ4n) is 2.36. The Hall–Kier alpha value is -2.84. The number of ether oxygens (including phenoxy) is 1. The van der Waals surface area contributed by atoms with Gasteiger partial charge in [-0.15, -0.1) is 0 Å². The van der Waals surface area contributed by atoms with Gasteiger partial charge in [0.1, 0.15) is 12.4 Å². The van der Waals surface area contributed by atoms with E-state index in [1.807, 2.05) is 18.2 Å². The smallest absolute Gasteiger partial charge is 0.293 e. The van der Waals surface area contributed by atoms with E-state index in [1.165, 1.54) is 24.3 Å². The standard InChI is InChI=1S/C18H13ClN2O5S/c19-15-7-6-13(21(24)25)10-12(15)11-16-17(22)20(18(23)27-16)8-9-26-14-4-2-1-3-5-14/h1-7,10-11H,8-9H2/b16-11-. The number of thioether (sulfide) groups is 1. The van der Waals surface area contributed by atoms with E-state index in [4.69, 9.17) is 16.3 Å². The second-order valence-electron chi connectivity index (χ2n) is 5.46. The molecule has 1 heterocycles. The number of nitrogens with zero attached hydrogens (tertiary/aromatic N) is 2. The van der Waals surface area contributed by atoms with Crippen LogP contribution in [0.4, 0.5) is 10.5 Å². The van der Waals surface area contributed by atoms with Gasteiger partial charge in [-0.25, -0.2) is 0 Å². The highest BCUT2D eigenvalue weighted by Gasteiger charge is 2.35. The van der Waals surface area contributed by atoms with Crippen molar-refractivity contribution in [3.05, 3.63) is 74.1 Å². The molecule has 0 radical (unpaired) electrons. The fourth-order valence-corrected chi connectivity index (χ4v) is 3.39. The number of hydrogen-bond acceptors (Lipinski definition) is 6. The van der Waals surface area contributed by atoms with E-state index in [2.05, 4.69) is 0 Å². The molecule has 0 atom stereocenters. The van der Waals surface area contributed by atoms with E-state index in [0.717, 1.165) is 16.7 Å². The number of non-ortho nitro benzene ring substituents is 1. The third-order valence-corrected chi connectivity index (χ3v) is 4.93. The highest BCUT2D eigenvalue weighted by molar-refractivity contribution is 8.18. The normalized spacial score (nSPS) is 15.4. The molecule has 2 aromatic rings. The van der Waals surface area contributed by atoms with Crippen LogP contribution in [0, 0.1) is 10.1 Å². The van der Waals surface area contributed by atoms with Crippen LogP contribution >= 0.6 is 23.4 Å². The molecule has 9 heteroatoms. The molecule has 2 aromatic carbocycles. The number of rotatable bonds is 6. The predicted octanol–water partition coefficient (Wildman–Crippen LogP) is 4.36. The lowest BCUT2D eigenvalue weighted by molar-refractivity contribution is -0.384. The molecule has 7 nitrogen and oxygen atoms in total. The molecule has 0 unspecified atom stereocenters. The summed E-state index contributed by atoms with van der Waals surface area (Å²) in [5, 5.41) is 10.7. The molecule has 1 aliphatic heterocycles. The predicted molar refractivity (Wildman–Crippen MR) is 103 cm³/mol. The lowest BCUT2D eigenvalue weighted by atomic mass is 10.2. The first kappa shape index (κ1) is 18.9. The van der Waals surface area contributed by atoms with Gasteiger partial charge in [0.2, 0.25) is 0 Å². The topological polar surface area (TPSA) is 89.8 Å². The molecule has 138 valence electrons. The van der Waals surface area contributed by atoms with E-state index in [1.54, 1.807) is 12.1 Å². The zero-order valence-electron chi connectivity index (χ0n) is 13.8. The molecule has 2 amide bonds. The Morgan fingerprint density at radius 1 is 1.19 bits per heavy atom. The van der Waals surface area contributed by atoms with Crippen molar-refractivity contribution < 1.29 is 19.2 Å². The number of para-hydroxylation sites is 1. The highest BCUT2D eigenvalue weighted by Crippen LogP contribution is 2.34. The maximum absolute atomic E-state index is 12.5. The minimum atomic E-state index is -0.555. The quantitative estimate of drug-likeness (QED) is 0.403. The number of carbonyl (C=O) groups excluding carboxylic acids is 2. The van der Waals surface area contributed by atoms with Crippen LogP contribution in [-0.4, -0.2) is 34.1 Å². The molecule has 0 spiro atoms. The fraction of sp³-hybridized carbons (Fsp3) is 0.111. The lowest BCUT2D eigenvalue weighted by Gasteiger charge is -2.13. The zero-order chi connectivity index (χ0) is 19.4. The van der Waals surface area contributed by atoms with Gasteiger partial charge in [-0.3, -0.25) is 24.6 Å². The minimum absolute atomic E-state index is 0.0968. The van der Waals surface area contributed by atoms with Gasteiger partial charge in [0.15, 0.2) is 0 Å².